The number of hydrogen-bond acceptors (Lipinski definition) is 0. The van der Waals surface area contributed by atoms with E-state index >= 15 is 0 Å². The van der Waals surface area contributed by atoms with Crippen LogP contribution in [0, 0.1) is 5.41 Å². The van der Waals surface area contributed by atoms with Crippen LogP contribution in [0.2, 0.25) is 6.82 Å². The molecule has 1 unspecified atom stereocenters. The largest absolute Gasteiger partial charge is 0.0999 e. The molecular formula is C16H17B. The lowest BCUT2D eigenvalue weighted by atomic mass is 9.73. The predicted octanol–water partition coefficient (Wildman–Crippen LogP) is 2.36. The fraction of sp³-hybridized carbons (Fsp3) is 0.250. The summed E-state index contributed by atoms with van der Waals surface area (Å²) in [5.41, 5.74) is 1.67. The first-order valence-electron chi connectivity index (χ1n) is 6.03. The standard InChI is InChI=1S/C15H14.CH3B/c1-15-10-5-4-8-14(15)13-7-3-2-6-12(13)9-11-15;1-2/h2-10H,11H2,1H3;1H3. The second-order valence-corrected chi connectivity index (χ2v) is 4.54. The number of fused-ring (bicyclic) bond motifs is 2. The molecule has 2 aliphatic carbocycles. The summed E-state index contributed by atoms with van der Waals surface area (Å²) < 4.78 is 0. The summed E-state index contributed by atoms with van der Waals surface area (Å²) in [6, 6.07) is 8.66. The third kappa shape index (κ3) is 2.02. The van der Waals surface area contributed by atoms with Crippen LogP contribution in [0.5, 0.6) is 0 Å². The normalized spacial score (nSPS) is 24.0. The van der Waals surface area contributed by atoms with Gasteiger partial charge in [0.1, 0.15) is 0 Å². The highest BCUT2D eigenvalue weighted by molar-refractivity contribution is 6.05. The number of benzene rings is 1. The molecule has 0 saturated heterocycles. The minimum absolute atomic E-state index is 0.211. The molecule has 0 bridgehead atoms. The first-order valence-corrected chi connectivity index (χ1v) is 6.03. The molecule has 0 nitrogen and oxygen atoms in total. The molecule has 1 heteroatoms. The van der Waals surface area contributed by atoms with Gasteiger partial charge < -0.3 is 0 Å². The predicted molar refractivity (Wildman–Crippen MR) is 76.2 cm³/mol. The summed E-state index contributed by atoms with van der Waals surface area (Å²) in [4.78, 5) is 0. The van der Waals surface area contributed by atoms with Gasteiger partial charge in [-0.3, -0.25) is 0 Å². The van der Waals surface area contributed by atoms with E-state index in [0.717, 1.165) is 6.42 Å². The lowest BCUT2D eigenvalue weighted by Gasteiger charge is -2.31. The minimum Gasteiger partial charge on any atom is -0.0999 e. The van der Waals surface area contributed by atoms with E-state index in [1.807, 2.05) is 0 Å². The second kappa shape index (κ2) is 4.79. The summed E-state index contributed by atoms with van der Waals surface area (Å²) in [5.74, 6) is 0. The van der Waals surface area contributed by atoms with E-state index in [-0.39, 0.29) is 5.41 Å². The van der Waals surface area contributed by atoms with Crippen molar-refractivity contribution in [1.82, 2.24) is 0 Å². The molecule has 2 aliphatic rings. The Hall–Kier alpha value is -1.50. The van der Waals surface area contributed by atoms with Crippen LogP contribution in [-0.2, 0) is 0 Å². The van der Waals surface area contributed by atoms with Crippen molar-refractivity contribution in [3.63, 3.8) is 0 Å². The summed E-state index contributed by atoms with van der Waals surface area (Å²) in [6.07, 6.45) is 12.3. The summed E-state index contributed by atoms with van der Waals surface area (Å²) >= 11 is 0. The molecule has 0 spiro atoms. The van der Waals surface area contributed by atoms with Crippen molar-refractivity contribution >= 4 is 19.5 Å². The van der Waals surface area contributed by atoms with Crippen molar-refractivity contribution < 1.29 is 0 Å². The van der Waals surface area contributed by atoms with E-state index in [4.69, 9.17) is 0 Å². The minimum atomic E-state index is 0.211. The van der Waals surface area contributed by atoms with Crippen LogP contribution in [0.25, 0.3) is 11.6 Å². The number of allylic oxidation sites excluding steroid dienone is 4. The van der Waals surface area contributed by atoms with Crippen molar-refractivity contribution in [2.45, 2.75) is 20.2 Å². The molecule has 3 rings (SSSR count). The van der Waals surface area contributed by atoms with Crippen molar-refractivity contribution in [1.29, 1.82) is 0 Å². The van der Waals surface area contributed by atoms with Gasteiger partial charge in [0.15, 0.2) is 0 Å². The van der Waals surface area contributed by atoms with Gasteiger partial charge in [-0.2, -0.15) is 0 Å². The molecule has 84 valence electrons. The zero-order valence-electron chi connectivity index (χ0n) is 10.5. The van der Waals surface area contributed by atoms with E-state index in [1.54, 1.807) is 0 Å². The SMILES string of the molecule is CC12C=CC=CC1=c1ccccc1=CC2.[B]C. The maximum absolute atomic E-state index is 4.50. The van der Waals surface area contributed by atoms with E-state index in [0.29, 0.717) is 0 Å². The zero-order valence-corrected chi connectivity index (χ0v) is 10.5. The third-order valence-electron chi connectivity index (χ3n) is 3.45. The monoisotopic (exact) mass is 220 g/mol. The molecule has 1 aromatic rings. The van der Waals surface area contributed by atoms with Crippen molar-refractivity contribution in [2.24, 2.45) is 5.41 Å². The Bertz CT molecular complexity index is 578. The molecule has 0 N–H and O–H groups in total. The van der Waals surface area contributed by atoms with Gasteiger partial charge in [-0.1, -0.05) is 68.4 Å². The highest BCUT2D eigenvalue weighted by Gasteiger charge is 2.27. The highest BCUT2D eigenvalue weighted by Crippen LogP contribution is 2.37. The molecule has 17 heavy (non-hydrogen) atoms. The zero-order chi connectivity index (χ0) is 12.3. The first-order chi connectivity index (χ1) is 8.30. The van der Waals surface area contributed by atoms with E-state index < -0.39 is 0 Å². The molecule has 0 fully saturated rings. The van der Waals surface area contributed by atoms with Gasteiger partial charge in [0.25, 0.3) is 0 Å². The van der Waals surface area contributed by atoms with E-state index in [1.165, 1.54) is 22.8 Å². The van der Waals surface area contributed by atoms with E-state index in [9.17, 15) is 0 Å². The topological polar surface area (TPSA) is 0 Å². The van der Waals surface area contributed by atoms with Gasteiger partial charge in [0, 0.05) is 5.41 Å². The van der Waals surface area contributed by atoms with Crippen molar-refractivity contribution in [3.8, 4) is 0 Å². The lowest BCUT2D eigenvalue weighted by molar-refractivity contribution is 0.590. The molecule has 0 aliphatic heterocycles. The van der Waals surface area contributed by atoms with Crippen LogP contribution < -0.4 is 10.4 Å². The van der Waals surface area contributed by atoms with E-state index in [2.05, 4.69) is 69.4 Å². The average molecular weight is 220 g/mol. The Morgan fingerprint density at radius 3 is 2.71 bits per heavy atom. The molecule has 1 atom stereocenters. The first kappa shape index (κ1) is 12.0. The van der Waals surface area contributed by atoms with Crippen LogP contribution in [-0.4, -0.2) is 7.85 Å². The van der Waals surface area contributed by atoms with Crippen molar-refractivity contribution in [3.05, 3.63) is 59.0 Å². The van der Waals surface area contributed by atoms with Crippen LogP contribution in [0.3, 0.4) is 0 Å². The van der Waals surface area contributed by atoms with Crippen molar-refractivity contribution in [2.75, 3.05) is 0 Å². The van der Waals surface area contributed by atoms with Gasteiger partial charge >= 0.3 is 0 Å². The summed E-state index contributed by atoms with van der Waals surface area (Å²) in [5, 5.41) is 2.77. The molecule has 1 aromatic carbocycles. The van der Waals surface area contributed by atoms with Crippen LogP contribution in [0.1, 0.15) is 13.3 Å². The number of rotatable bonds is 0. The molecule has 0 amide bonds. The van der Waals surface area contributed by atoms with Gasteiger partial charge in [0.2, 0.25) is 0 Å². The Balaban J connectivity index is 0.000000514. The van der Waals surface area contributed by atoms with Gasteiger partial charge in [-0.25, -0.2) is 0 Å². The fourth-order valence-electron chi connectivity index (χ4n) is 2.52. The third-order valence-corrected chi connectivity index (χ3v) is 3.45. The Morgan fingerprint density at radius 2 is 1.88 bits per heavy atom. The maximum atomic E-state index is 4.50. The van der Waals surface area contributed by atoms with Gasteiger partial charge in [-0.05, 0) is 22.4 Å². The molecule has 2 radical (unpaired) electrons. The fourth-order valence-corrected chi connectivity index (χ4v) is 2.52. The molecule has 0 saturated carbocycles. The highest BCUT2D eigenvalue weighted by atomic mass is 14.3. The maximum Gasteiger partial charge on any atom is 0.0606 e. The number of hydrogen-bond donors (Lipinski definition) is 0. The summed E-state index contributed by atoms with van der Waals surface area (Å²) in [6.45, 7) is 3.81. The average Bonchev–Trinajstić information content (AvgIpc) is 2.40. The van der Waals surface area contributed by atoms with Gasteiger partial charge in [0.05, 0.1) is 7.85 Å². The Morgan fingerprint density at radius 1 is 1.12 bits per heavy atom. The molecular weight excluding hydrogens is 203 g/mol. The van der Waals surface area contributed by atoms with Crippen LogP contribution in [0.15, 0.2) is 48.6 Å². The summed E-state index contributed by atoms with van der Waals surface area (Å²) in [7, 11) is 4.50. The van der Waals surface area contributed by atoms with Crippen LogP contribution in [0.4, 0.5) is 0 Å². The smallest absolute Gasteiger partial charge is 0.0606 e. The van der Waals surface area contributed by atoms with Crippen LogP contribution >= 0.6 is 0 Å². The Labute approximate surface area is 104 Å². The lowest BCUT2D eigenvalue weighted by Crippen LogP contribution is -2.36. The second-order valence-electron chi connectivity index (χ2n) is 4.54. The Kier molecular flexibility index (Phi) is 3.37. The molecule has 0 heterocycles. The molecule has 0 aromatic heterocycles. The quantitative estimate of drug-likeness (QED) is 0.589. The van der Waals surface area contributed by atoms with Gasteiger partial charge in [-0.15, -0.1) is 0 Å².